The van der Waals surface area contributed by atoms with Crippen molar-refractivity contribution in [2.24, 2.45) is 0 Å². The van der Waals surface area contributed by atoms with Crippen LogP contribution in [-0.2, 0) is 0 Å². The highest BCUT2D eigenvalue weighted by molar-refractivity contribution is 9.10. The molecule has 0 atom stereocenters. The normalized spacial score (nSPS) is 10.3. The van der Waals surface area contributed by atoms with Crippen LogP contribution in [0.3, 0.4) is 0 Å². The van der Waals surface area contributed by atoms with Gasteiger partial charge in [-0.1, -0.05) is 22.0 Å². The molecule has 0 saturated heterocycles. The minimum absolute atomic E-state index is 0.216. The number of aromatic nitrogens is 4. The van der Waals surface area contributed by atoms with Gasteiger partial charge in [-0.2, -0.15) is 5.10 Å². The third-order valence-corrected chi connectivity index (χ3v) is 3.19. The summed E-state index contributed by atoms with van der Waals surface area (Å²) in [6.45, 7) is 0. The van der Waals surface area contributed by atoms with Crippen molar-refractivity contribution in [3.05, 3.63) is 65.2 Å². The zero-order valence-corrected chi connectivity index (χ0v) is 12.4. The SMILES string of the molecule is O=C(Nc1cnc(-n2cccn2)nc1)c1cccc(Br)c1. The van der Waals surface area contributed by atoms with Crippen LogP contribution in [0.5, 0.6) is 0 Å². The average molecular weight is 344 g/mol. The van der Waals surface area contributed by atoms with Crippen LogP contribution < -0.4 is 5.32 Å². The van der Waals surface area contributed by atoms with E-state index < -0.39 is 0 Å². The Morgan fingerprint density at radius 1 is 1.19 bits per heavy atom. The second-order valence-electron chi connectivity index (χ2n) is 4.19. The van der Waals surface area contributed by atoms with Crippen molar-refractivity contribution in [3.8, 4) is 5.95 Å². The van der Waals surface area contributed by atoms with Crippen molar-refractivity contribution in [2.75, 3.05) is 5.32 Å². The van der Waals surface area contributed by atoms with Gasteiger partial charge < -0.3 is 5.32 Å². The predicted octanol–water partition coefficient (Wildman–Crippen LogP) is 2.68. The molecular weight excluding hydrogens is 334 g/mol. The Bertz CT molecular complexity index is 755. The molecule has 1 amide bonds. The molecule has 3 rings (SSSR count). The summed E-state index contributed by atoms with van der Waals surface area (Å²) in [5.41, 5.74) is 1.08. The minimum Gasteiger partial charge on any atom is -0.319 e. The van der Waals surface area contributed by atoms with Gasteiger partial charge in [0.2, 0.25) is 0 Å². The smallest absolute Gasteiger partial charge is 0.255 e. The van der Waals surface area contributed by atoms with E-state index in [0.29, 0.717) is 17.2 Å². The number of rotatable bonds is 3. The molecule has 0 fully saturated rings. The summed E-state index contributed by atoms with van der Waals surface area (Å²) in [5, 5.41) is 6.78. The largest absolute Gasteiger partial charge is 0.319 e. The van der Waals surface area contributed by atoms with E-state index in [9.17, 15) is 4.79 Å². The minimum atomic E-state index is -0.216. The third kappa shape index (κ3) is 3.14. The van der Waals surface area contributed by atoms with Crippen LogP contribution in [0.4, 0.5) is 5.69 Å². The lowest BCUT2D eigenvalue weighted by Crippen LogP contribution is -2.12. The van der Waals surface area contributed by atoms with Crippen molar-refractivity contribution in [1.82, 2.24) is 19.7 Å². The first-order valence-electron chi connectivity index (χ1n) is 6.11. The molecule has 1 aromatic carbocycles. The molecule has 6 nitrogen and oxygen atoms in total. The van der Waals surface area contributed by atoms with E-state index >= 15 is 0 Å². The number of hydrogen-bond acceptors (Lipinski definition) is 4. The monoisotopic (exact) mass is 343 g/mol. The zero-order chi connectivity index (χ0) is 14.7. The van der Waals surface area contributed by atoms with Crippen LogP contribution in [0.15, 0.2) is 59.6 Å². The molecule has 1 N–H and O–H groups in total. The van der Waals surface area contributed by atoms with Crippen molar-refractivity contribution >= 4 is 27.5 Å². The van der Waals surface area contributed by atoms with E-state index in [1.807, 2.05) is 6.07 Å². The lowest BCUT2D eigenvalue weighted by molar-refractivity contribution is 0.102. The molecule has 2 heterocycles. The molecule has 0 bridgehead atoms. The number of nitrogens with zero attached hydrogens (tertiary/aromatic N) is 4. The number of benzene rings is 1. The van der Waals surface area contributed by atoms with Gasteiger partial charge in [0, 0.05) is 22.4 Å². The number of carbonyl (C=O) groups is 1. The molecule has 2 aromatic heterocycles. The molecule has 0 aliphatic carbocycles. The Balaban J connectivity index is 1.75. The van der Waals surface area contributed by atoms with Crippen molar-refractivity contribution < 1.29 is 4.79 Å². The van der Waals surface area contributed by atoms with Crippen LogP contribution in [-0.4, -0.2) is 25.7 Å². The molecular formula is C14H10BrN5O. The molecule has 0 unspecified atom stereocenters. The molecule has 0 saturated carbocycles. The molecule has 104 valence electrons. The maximum atomic E-state index is 12.1. The fourth-order valence-electron chi connectivity index (χ4n) is 1.72. The Morgan fingerprint density at radius 2 is 2.00 bits per heavy atom. The first kappa shape index (κ1) is 13.4. The average Bonchev–Trinajstić information content (AvgIpc) is 3.02. The highest BCUT2D eigenvalue weighted by Crippen LogP contribution is 2.13. The highest BCUT2D eigenvalue weighted by Gasteiger charge is 2.07. The number of hydrogen-bond donors (Lipinski definition) is 1. The fourth-order valence-corrected chi connectivity index (χ4v) is 2.12. The maximum absolute atomic E-state index is 12.1. The van der Waals surface area contributed by atoms with E-state index in [1.165, 1.54) is 0 Å². The Kier molecular flexibility index (Phi) is 3.74. The summed E-state index contributed by atoms with van der Waals surface area (Å²) in [4.78, 5) is 20.4. The quantitative estimate of drug-likeness (QED) is 0.793. The van der Waals surface area contributed by atoms with Crippen LogP contribution in [0, 0.1) is 0 Å². The lowest BCUT2D eigenvalue weighted by atomic mass is 10.2. The van der Waals surface area contributed by atoms with Crippen molar-refractivity contribution in [1.29, 1.82) is 0 Å². The van der Waals surface area contributed by atoms with E-state index in [1.54, 1.807) is 53.7 Å². The van der Waals surface area contributed by atoms with Gasteiger partial charge in [-0.15, -0.1) is 0 Å². The molecule has 7 heteroatoms. The molecule has 3 aromatic rings. The van der Waals surface area contributed by atoms with Crippen LogP contribution in [0.2, 0.25) is 0 Å². The predicted molar refractivity (Wildman–Crippen MR) is 81.2 cm³/mol. The van der Waals surface area contributed by atoms with Crippen molar-refractivity contribution in [3.63, 3.8) is 0 Å². The Labute approximate surface area is 129 Å². The summed E-state index contributed by atoms with van der Waals surface area (Å²) >= 11 is 3.33. The second-order valence-corrected chi connectivity index (χ2v) is 5.10. The number of anilines is 1. The number of halogens is 1. The van der Waals surface area contributed by atoms with Crippen LogP contribution >= 0.6 is 15.9 Å². The van der Waals surface area contributed by atoms with Gasteiger partial charge in [0.15, 0.2) is 0 Å². The maximum Gasteiger partial charge on any atom is 0.255 e. The third-order valence-electron chi connectivity index (χ3n) is 2.69. The van der Waals surface area contributed by atoms with Gasteiger partial charge in [-0.3, -0.25) is 4.79 Å². The molecule has 0 spiro atoms. The molecule has 0 aliphatic heterocycles. The van der Waals surface area contributed by atoms with E-state index in [-0.39, 0.29) is 5.91 Å². The first-order chi connectivity index (χ1) is 10.2. The van der Waals surface area contributed by atoms with Crippen LogP contribution in [0.25, 0.3) is 5.95 Å². The topological polar surface area (TPSA) is 72.7 Å². The standard InChI is InChI=1S/C14H10BrN5O/c15-11-4-1-3-10(7-11)13(21)19-12-8-16-14(17-9-12)20-6-2-5-18-20/h1-9H,(H,19,21). The van der Waals surface area contributed by atoms with Gasteiger partial charge in [-0.05, 0) is 24.3 Å². The number of carbonyl (C=O) groups excluding carboxylic acids is 1. The summed E-state index contributed by atoms with van der Waals surface area (Å²) < 4.78 is 2.39. The van der Waals surface area contributed by atoms with E-state index in [0.717, 1.165) is 4.47 Å². The molecule has 0 aliphatic rings. The van der Waals surface area contributed by atoms with Gasteiger partial charge in [-0.25, -0.2) is 14.6 Å². The Hall–Kier alpha value is -2.54. The number of amides is 1. The summed E-state index contributed by atoms with van der Waals surface area (Å²) in [6, 6.07) is 8.93. The first-order valence-corrected chi connectivity index (χ1v) is 6.91. The van der Waals surface area contributed by atoms with E-state index in [2.05, 4.69) is 36.3 Å². The van der Waals surface area contributed by atoms with Gasteiger partial charge in [0.25, 0.3) is 11.9 Å². The summed E-state index contributed by atoms with van der Waals surface area (Å²) in [5.74, 6) is 0.229. The fraction of sp³-hybridized carbons (Fsp3) is 0. The Morgan fingerprint density at radius 3 is 2.67 bits per heavy atom. The van der Waals surface area contributed by atoms with Crippen molar-refractivity contribution in [2.45, 2.75) is 0 Å². The van der Waals surface area contributed by atoms with Gasteiger partial charge in [0.1, 0.15) is 0 Å². The lowest BCUT2D eigenvalue weighted by Gasteiger charge is -2.05. The van der Waals surface area contributed by atoms with Crippen LogP contribution in [0.1, 0.15) is 10.4 Å². The summed E-state index contributed by atoms with van der Waals surface area (Å²) in [6.07, 6.45) is 6.47. The number of nitrogens with one attached hydrogen (secondary N) is 1. The van der Waals surface area contributed by atoms with Gasteiger partial charge in [0.05, 0.1) is 18.1 Å². The highest BCUT2D eigenvalue weighted by atomic mass is 79.9. The van der Waals surface area contributed by atoms with Gasteiger partial charge >= 0.3 is 0 Å². The van der Waals surface area contributed by atoms with E-state index in [4.69, 9.17) is 0 Å². The molecule has 21 heavy (non-hydrogen) atoms. The second kappa shape index (κ2) is 5.84. The molecule has 0 radical (unpaired) electrons. The zero-order valence-electron chi connectivity index (χ0n) is 10.8. The summed E-state index contributed by atoms with van der Waals surface area (Å²) in [7, 11) is 0.